The Balaban J connectivity index is 1.28. The molecule has 0 aliphatic rings. The predicted octanol–water partition coefficient (Wildman–Crippen LogP) is 6.51. The van der Waals surface area contributed by atoms with Gasteiger partial charge >= 0.3 is 0 Å². The average molecular weight is 477 g/mol. The zero-order chi connectivity index (χ0) is 22.7. The monoisotopic (exact) mass is 476 g/mol. The lowest BCUT2D eigenvalue weighted by Crippen LogP contribution is -1.89. The molecule has 0 saturated carbocycles. The Morgan fingerprint density at radius 1 is 0.471 bits per heavy atom. The Hall–Kier alpha value is -4.14. The van der Waals surface area contributed by atoms with Crippen molar-refractivity contribution in [2.24, 2.45) is 0 Å². The maximum atomic E-state index is 4.81. The quantitative estimate of drug-likeness (QED) is 0.282. The van der Waals surface area contributed by atoms with Crippen molar-refractivity contribution in [1.82, 2.24) is 29.9 Å². The molecule has 0 saturated heterocycles. The van der Waals surface area contributed by atoms with Gasteiger partial charge in [-0.3, -0.25) is 9.97 Å². The topological polar surface area (TPSA) is 77.3 Å². The molecule has 0 amide bonds. The van der Waals surface area contributed by atoms with E-state index in [1.165, 1.54) is 0 Å². The highest BCUT2D eigenvalue weighted by molar-refractivity contribution is 7.22. The smallest absolute Gasteiger partial charge is 0.152 e. The summed E-state index contributed by atoms with van der Waals surface area (Å²) in [5.41, 5.74) is 5.85. The van der Waals surface area contributed by atoms with Crippen LogP contribution in [-0.2, 0) is 0 Å². The molecule has 6 nitrogen and oxygen atoms in total. The number of nitrogens with zero attached hydrogens (tertiary/aromatic N) is 6. The number of hydrogen-bond acceptors (Lipinski definition) is 8. The lowest BCUT2D eigenvalue weighted by Gasteiger charge is -2.02. The molecule has 0 aromatic carbocycles. The molecule has 0 radical (unpaired) electrons. The molecule has 6 aromatic rings. The molecule has 34 heavy (non-hydrogen) atoms. The number of aromatic nitrogens is 6. The molecule has 6 rings (SSSR count). The van der Waals surface area contributed by atoms with Gasteiger partial charge < -0.3 is 0 Å². The third kappa shape index (κ3) is 4.12. The minimum absolute atomic E-state index is 0.812. The van der Waals surface area contributed by atoms with Crippen LogP contribution in [0.15, 0.2) is 96.8 Å². The number of rotatable bonds is 5. The largest absolute Gasteiger partial charge is 0.255 e. The molecule has 0 bridgehead atoms. The van der Waals surface area contributed by atoms with E-state index in [4.69, 9.17) is 15.0 Å². The summed E-state index contributed by atoms with van der Waals surface area (Å²) < 4.78 is 0. The van der Waals surface area contributed by atoms with E-state index in [9.17, 15) is 0 Å². The van der Waals surface area contributed by atoms with E-state index in [1.54, 1.807) is 35.1 Å². The zero-order valence-electron chi connectivity index (χ0n) is 17.7. The molecule has 0 unspecified atom stereocenters. The van der Waals surface area contributed by atoms with Crippen molar-refractivity contribution < 1.29 is 0 Å². The Bertz CT molecular complexity index is 1440. The summed E-state index contributed by atoms with van der Waals surface area (Å²) in [6, 6.07) is 23.5. The van der Waals surface area contributed by atoms with Crippen LogP contribution in [0.3, 0.4) is 0 Å². The van der Waals surface area contributed by atoms with Crippen molar-refractivity contribution in [1.29, 1.82) is 0 Å². The van der Waals surface area contributed by atoms with Gasteiger partial charge in [-0.25, -0.2) is 19.9 Å². The van der Waals surface area contributed by atoms with Gasteiger partial charge in [-0.05, 0) is 48.5 Å². The van der Waals surface area contributed by atoms with Crippen LogP contribution in [-0.4, -0.2) is 29.9 Å². The summed E-state index contributed by atoms with van der Waals surface area (Å²) in [6.07, 6.45) is 5.40. The summed E-state index contributed by atoms with van der Waals surface area (Å²) in [6.45, 7) is 0. The first-order valence-corrected chi connectivity index (χ1v) is 12.2. The maximum absolute atomic E-state index is 4.81. The van der Waals surface area contributed by atoms with Gasteiger partial charge in [-0.1, -0.05) is 24.3 Å². The summed E-state index contributed by atoms with van der Waals surface area (Å²) in [5, 5.41) is 3.73. The number of hydrogen-bond donors (Lipinski definition) is 0. The molecule has 0 spiro atoms. The first-order chi connectivity index (χ1) is 16.8. The number of thiazole rings is 2. The van der Waals surface area contributed by atoms with Gasteiger partial charge in [-0.2, -0.15) is 0 Å². The first kappa shape index (κ1) is 20.5. The second-order valence-corrected chi connectivity index (χ2v) is 9.20. The van der Waals surface area contributed by atoms with Crippen molar-refractivity contribution in [2.45, 2.75) is 0 Å². The van der Waals surface area contributed by atoms with Gasteiger partial charge in [-0.15, -0.1) is 22.7 Å². The number of pyridine rings is 4. The SMILES string of the molecule is c1ccc(-c2cccc(-c3csc(-c4ncc(-c5cccc(-c6ccccn6)n5)s4)n3)n2)nc1. The zero-order valence-corrected chi connectivity index (χ0v) is 19.4. The Labute approximate surface area is 203 Å². The summed E-state index contributed by atoms with van der Waals surface area (Å²) >= 11 is 3.13. The van der Waals surface area contributed by atoms with E-state index in [0.29, 0.717) is 0 Å². The second-order valence-electron chi connectivity index (χ2n) is 7.31. The van der Waals surface area contributed by atoms with Crippen LogP contribution in [0, 0.1) is 0 Å². The highest BCUT2D eigenvalue weighted by atomic mass is 32.1. The van der Waals surface area contributed by atoms with Crippen LogP contribution in [0.5, 0.6) is 0 Å². The molecule has 0 fully saturated rings. The fraction of sp³-hybridized carbons (Fsp3) is 0. The molecule has 0 N–H and O–H groups in total. The molecular formula is C26H16N6S2. The lowest BCUT2D eigenvalue weighted by molar-refractivity contribution is 1.23. The van der Waals surface area contributed by atoms with Crippen LogP contribution in [0.4, 0.5) is 0 Å². The minimum Gasteiger partial charge on any atom is -0.255 e. The van der Waals surface area contributed by atoms with E-state index in [2.05, 4.69) is 15.0 Å². The first-order valence-electron chi connectivity index (χ1n) is 10.5. The van der Waals surface area contributed by atoms with Gasteiger partial charge in [0.15, 0.2) is 10.0 Å². The standard InChI is InChI=1S/C26H16N6S2/c1-3-13-27-17(7-1)19-9-5-11-21(30-19)23-16-33-26(32-23)25-29-15-24(34-25)22-12-6-10-20(31-22)18-8-2-4-14-28-18/h1-16H. The van der Waals surface area contributed by atoms with Crippen LogP contribution < -0.4 is 0 Å². The predicted molar refractivity (Wildman–Crippen MR) is 136 cm³/mol. The fourth-order valence-electron chi connectivity index (χ4n) is 3.44. The van der Waals surface area contributed by atoms with E-state index in [1.807, 2.05) is 84.4 Å². The van der Waals surface area contributed by atoms with Crippen LogP contribution in [0.2, 0.25) is 0 Å². The van der Waals surface area contributed by atoms with Gasteiger partial charge in [0.2, 0.25) is 0 Å². The Morgan fingerprint density at radius 3 is 1.71 bits per heavy atom. The van der Waals surface area contributed by atoms with Crippen molar-refractivity contribution >= 4 is 22.7 Å². The van der Waals surface area contributed by atoms with Crippen molar-refractivity contribution in [2.75, 3.05) is 0 Å². The highest BCUT2D eigenvalue weighted by Gasteiger charge is 2.14. The van der Waals surface area contributed by atoms with E-state index in [-0.39, 0.29) is 0 Å². The normalized spacial score (nSPS) is 10.9. The molecule has 8 heteroatoms. The third-order valence-electron chi connectivity index (χ3n) is 5.06. The van der Waals surface area contributed by atoms with Crippen molar-refractivity contribution in [3.05, 3.63) is 96.8 Å². The molecular weight excluding hydrogens is 460 g/mol. The van der Waals surface area contributed by atoms with E-state index < -0.39 is 0 Å². The summed E-state index contributed by atoms with van der Waals surface area (Å²) in [7, 11) is 0. The molecule has 162 valence electrons. The highest BCUT2D eigenvalue weighted by Crippen LogP contribution is 2.35. The van der Waals surface area contributed by atoms with E-state index >= 15 is 0 Å². The van der Waals surface area contributed by atoms with Gasteiger partial charge in [0.25, 0.3) is 0 Å². The second kappa shape index (κ2) is 9.01. The van der Waals surface area contributed by atoms with Crippen molar-refractivity contribution in [3.8, 4) is 54.7 Å². The van der Waals surface area contributed by atoms with Crippen LogP contribution in [0.25, 0.3) is 54.7 Å². The van der Waals surface area contributed by atoms with Gasteiger partial charge in [0, 0.05) is 24.0 Å². The molecule has 6 aromatic heterocycles. The molecule has 0 aliphatic carbocycles. The summed E-state index contributed by atoms with van der Waals surface area (Å²) in [4.78, 5) is 28.8. The molecule has 0 aliphatic heterocycles. The van der Waals surface area contributed by atoms with Gasteiger partial charge in [0.1, 0.15) is 5.69 Å². The lowest BCUT2D eigenvalue weighted by atomic mass is 10.2. The van der Waals surface area contributed by atoms with Crippen molar-refractivity contribution in [3.63, 3.8) is 0 Å². The van der Waals surface area contributed by atoms with Crippen LogP contribution in [0.1, 0.15) is 0 Å². The van der Waals surface area contributed by atoms with Crippen LogP contribution >= 0.6 is 22.7 Å². The molecule has 0 atom stereocenters. The minimum atomic E-state index is 0.812. The maximum Gasteiger partial charge on any atom is 0.152 e. The third-order valence-corrected chi connectivity index (χ3v) is 7.07. The Morgan fingerprint density at radius 2 is 1.06 bits per heavy atom. The summed E-state index contributed by atoms with van der Waals surface area (Å²) in [5.74, 6) is 0. The average Bonchev–Trinajstić information content (AvgIpc) is 3.60. The molecule has 6 heterocycles. The van der Waals surface area contributed by atoms with E-state index in [0.717, 1.165) is 54.7 Å². The Kier molecular flexibility index (Phi) is 5.42. The van der Waals surface area contributed by atoms with Gasteiger partial charge in [0.05, 0.1) is 39.0 Å². The fourth-order valence-corrected chi connectivity index (χ4v) is 5.19.